The summed E-state index contributed by atoms with van der Waals surface area (Å²) in [5.74, 6) is -1.04. The molecule has 1 heterocycles. The van der Waals surface area contributed by atoms with Gasteiger partial charge in [0.25, 0.3) is 5.56 Å². The summed E-state index contributed by atoms with van der Waals surface area (Å²) in [5, 5.41) is 8.97. The summed E-state index contributed by atoms with van der Waals surface area (Å²) < 4.78 is 1.44. The van der Waals surface area contributed by atoms with Crippen molar-refractivity contribution in [2.75, 3.05) is 0 Å². The molecule has 1 N–H and O–H groups in total. The summed E-state index contributed by atoms with van der Waals surface area (Å²) in [6, 6.07) is 10.2. The average Bonchev–Trinajstić information content (AvgIpc) is 2.39. The number of aromatic nitrogens is 1. The van der Waals surface area contributed by atoms with E-state index in [1.54, 1.807) is 0 Å². The quantitative estimate of drug-likeness (QED) is 0.918. The molecule has 19 heavy (non-hydrogen) atoms. The van der Waals surface area contributed by atoms with Gasteiger partial charge >= 0.3 is 5.97 Å². The molecule has 0 radical (unpaired) electrons. The van der Waals surface area contributed by atoms with Crippen LogP contribution in [0.2, 0.25) is 0 Å². The number of carboxylic acid groups (broad SMARTS) is 1. The second-order valence-electron chi connectivity index (χ2n) is 4.56. The summed E-state index contributed by atoms with van der Waals surface area (Å²) in [6.45, 7) is 3.86. The third kappa shape index (κ3) is 2.73. The molecule has 1 aromatic carbocycles. The molecule has 1 atom stereocenters. The summed E-state index contributed by atoms with van der Waals surface area (Å²) >= 11 is 0. The predicted molar refractivity (Wildman–Crippen MR) is 72.7 cm³/mol. The van der Waals surface area contributed by atoms with Crippen molar-refractivity contribution in [1.82, 2.24) is 4.57 Å². The van der Waals surface area contributed by atoms with Crippen molar-refractivity contribution >= 4 is 5.97 Å². The van der Waals surface area contributed by atoms with E-state index in [0.717, 1.165) is 11.1 Å². The zero-order chi connectivity index (χ0) is 14.0. The first-order valence-corrected chi connectivity index (χ1v) is 6.01. The molecule has 4 nitrogen and oxygen atoms in total. The first-order chi connectivity index (χ1) is 8.99. The molecule has 1 aromatic heterocycles. The van der Waals surface area contributed by atoms with E-state index >= 15 is 0 Å². The van der Waals surface area contributed by atoms with E-state index in [4.69, 9.17) is 5.11 Å². The topological polar surface area (TPSA) is 59.3 Å². The van der Waals surface area contributed by atoms with Gasteiger partial charge in [-0.3, -0.25) is 4.79 Å². The fraction of sp³-hybridized carbons (Fsp3) is 0.200. The number of carbonyl (C=O) groups is 1. The Bertz CT molecular complexity index is 656. The number of nitrogens with zero attached hydrogens (tertiary/aromatic N) is 1. The minimum atomic E-state index is -1.04. The highest BCUT2D eigenvalue weighted by Gasteiger charge is 2.12. The number of hydrogen-bond donors (Lipinski definition) is 1. The molecule has 0 saturated carbocycles. The maximum absolute atomic E-state index is 11.8. The van der Waals surface area contributed by atoms with Crippen LogP contribution in [-0.2, 0) is 0 Å². The molecular weight excluding hydrogens is 242 g/mol. The first-order valence-electron chi connectivity index (χ1n) is 6.01. The van der Waals surface area contributed by atoms with E-state index in [1.165, 1.54) is 22.9 Å². The molecule has 98 valence electrons. The van der Waals surface area contributed by atoms with Gasteiger partial charge in [-0.1, -0.05) is 29.8 Å². The Kier molecular flexibility index (Phi) is 3.51. The number of aromatic carboxylic acids is 1. The maximum atomic E-state index is 11.8. The van der Waals surface area contributed by atoms with Crippen molar-refractivity contribution in [3.05, 3.63) is 69.6 Å². The number of hydrogen-bond acceptors (Lipinski definition) is 2. The molecule has 4 heteroatoms. The normalized spacial score (nSPS) is 12.1. The van der Waals surface area contributed by atoms with Crippen molar-refractivity contribution in [2.45, 2.75) is 19.9 Å². The number of pyridine rings is 1. The van der Waals surface area contributed by atoms with Gasteiger partial charge in [-0.2, -0.15) is 0 Å². The van der Waals surface area contributed by atoms with Crippen LogP contribution in [0, 0.1) is 6.92 Å². The summed E-state index contributed by atoms with van der Waals surface area (Å²) in [5.41, 5.74) is 2.01. The van der Waals surface area contributed by atoms with Gasteiger partial charge in [0.1, 0.15) is 0 Å². The summed E-state index contributed by atoms with van der Waals surface area (Å²) in [6.07, 6.45) is 1.38. The standard InChI is InChI=1S/C15H15NO3/c1-10-3-5-12(6-4-10)11(2)16-9-13(15(18)19)7-8-14(16)17/h3-9,11H,1-2H3,(H,18,19). The zero-order valence-corrected chi connectivity index (χ0v) is 10.8. The van der Waals surface area contributed by atoms with Crippen LogP contribution in [-0.4, -0.2) is 15.6 Å². The molecule has 0 fully saturated rings. The molecule has 0 amide bonds. The summed E-state index contributed by atoms with van der Waals surface area (Å²) in [7, 11) is 0. The second-order valence-corrected chi connectivity index (χ2v) is 4.56. The molecule has 2 rings (SSSR count). The average molecular weight is 257 g/mol. The minimum Gasteiger partial charge on any atom is -0.478 e. The van der Waals surface area contributed by atoms with E-state index in [2.05, 4.69) is 0 Å². The molecular formula is C15H15NO3. The van der Waals surface area contributed by atoms with Gasteiger partial charge in [-0.15, -0.1) is 0 Å². The van der Waals surface area contributed by atoms with Crippen LogP contribution in [0.25, 0.3) is 0 Å². The monoisotopic (exact) mass is 257 g/mol. The van der Waals surface area contributed by atoms with Crippen molar-refractivity contribution in [3.8, 4) is 0 Å². The lowest BCUT2D eigenvalue weighted by atomic mass is 10.1. The van der Waals surface area contributed by atoms with E-state index in [-0.39, 0.29) is 17.2 Å². The number of benzene rings is 1. The molecule has 0 bridgehead atoms. The van der Waals surface area contributed by atoms with Crippen molar-refractivity contribution < 1.29 is 9.90 Å². The van der Waals surface area contributed by atoms with Crippen LogP contribution < -0.4 is 5.56 Å². The van der Waals surface area contributed by atoms with Crippen molar-refractivity contribution in [3.63, 3.8) is 0 Å². The van der Waals surface area contributed by atoms with Crippen LogP contribution in [0.3, 0.4) is 0 Å². The molecule has 0 saturated heterocycles. The molecule has 1 unspecified atom stereocenters. The lowest BCUT2D eigenvalue weighted by Crippen LogP contribution is -2.23. The number of carboxylic acids is 1. The van der Waals surface area contributed by atoms with Gasteiger partial charge in [-0.05, 0) is 25.5 Å². The third-order valence-corrected chi connectivity index (χ3v) is 3.16. The Labute approximate surface area is 110 Å². The van der Waals surface area contributed by atoms with E-state index < -0.39 is 5.97 Å². The van der Waals surface area contributed by atoms with Crippen LogP contribution in [0.15, 0.2) is 47.4 Å². The van der Waals surface area contributed by atoms with Crippen LogP contribution in [0.5, 0.6) is 0 Å². The molecule has 0 aliphatic carbocycles. The first kappa shape index (κ1) is 13.1. The molecule has 0 spiro atoms. The Balaban J connectivity index is 2.45. The van der Waals surface area contributed by atoms with Gasteiger partial charge in [-0.25, -0.2) is 4.79 Å². The van der Waals surface area contributed by atoms with Gasteiger partial charge in [0.15, 0.2) is 0 Å². The smallest absolute Gasteiger partial charge is 0.337 e. The van der Waals surface area contributed by atoms with Crippen molar-refractivity contribution in [1.29, 1.82) is 0 Å². The van der Waals surface area contributed by atoms with E-state index in [9.17, 15) is 9.59 Å². The summed E-state index contributed by atoms with van der Waals surface area (Å²) in [4.78, 5) is 22.8. The Morgan fingerprint density at radius 3 is 2.37 bits per heavy atom. The highest BCUT2D eigenvalue weighted by Crippen LogP contribution is 2.17. The third-order valence-electron chi connectivity index (χ3n) is 3.16. The fourth-order valence-corrected chi connectivity index (χ4v) is 1.94. The molecule has 0 aliphatic heterocycles. The Hall–Kier alpha value is -2.36. The largest absolute Gasteiger partial charge is 0.478 e. The molecule has 2 aromatic rings. The fourth-order valence-electron chi connectivity index (χ4n) is 1.94. The van der Waals surface area contributed by atoms with E-state index in [1.807, 2.05) is 38.1 Å². The highest BCUT2D eigenvalue weighted by molar-refractivity contribution is 5.87. The van der Waals surface area contributed by atoms with Crippen LogP contribution in [0.4, 0.5) is 0 Å². The van der Waals surface area contributed by atoms with E-state index in [0.29, 0.717) is 0 Å². The van der Waals surface area contributed by atoms with Crippen LogP contribution in [0.1, 0.15) is 34.5 Å². The minimum absolute atomic E-state index is 0.110. The van der Waals surface area contributed by atoms with Gasteiger partial charge in [0.05, 0.1) is 11.6 Å². The zero-order valence-electron chi connectivity index (χ0n) is 10.8. The maximum Gasteiger partial charge on any atom is 0.337 e. The lowest BCUT2D eigenvalue weighted by Gasteiger charge is -2.16. The Morgan fingerprint density at radius 1 is 1.16 bits per heavy atom. The SMILES string of the molecule is Cc1ccc(C(C)n2cc(C(=O)O)ccc2=O)cc1. The number of rotatable bonds is 3. The van der Waals surface area contributed by atoms with Crippen LogP contribution >= 0.6 is 0 Å². The highest BCUT2D eigenvalue weighted by atomic mass is 16.4. The van der Waals surface area contributed by atoms with Crippen molar-refractivity contribution in [2.24, 2.45) is 0 Å². The second kappa shape index (κ2) is 5.10. The van der Waals surface area contributed by atoms with Gasteiger partial charge in [0, 0.05) is 12.3 Å². The van der Waals surface area contributed by atoms with Gasteiger partial charge < -0.3 is 9.67 Å². The lowest BCUT2D eigenvalue weighted by molar-refractivity contribution is 0.0695. The van der Waals surface area contributed by atoms with Gasteiger partial charge in [0.2, 0.25) is 0 Å². The predicted octanol–water partition coefficient (Wildman–Crippen LogP) is 2.46. The molecule has 0 aliphatic rings. The Morgan fingerprint density at radius 2 is 1.79 bits per heavy atom. The number of aryl methyl sites for hydroxylation is 1.